The average molecular weight is 398 g/mol. The molecule has 8 heteroatoms. The predicted molar refractivity (Wildman–Crippen MR) is 108 cm³/mol. The molecule has 0 radical (unpaired) electrons. The number of hydrogen-bond acceptors (Lipinski definition) is 5. The van der Waals surface area contributed by atoms with E-state index in [1.807, 2.05) is 24.3 Å². The van der Waals surface area contributed by atoms with Gasteiger partial charge in [-0.1, -0.05) is 12.1 Å². The first-order valence-electron chi connectivity index (χ1n) is 9.22. The van der Waals surface area contributed by atoms with Crippen molar-refractivity contribution in [3.8, 4) is 5.75 Å². The number of hydrogen-bond donors (Lipinski definition) is 1. The van der Waals surface area contributed by atoms with E-state index in [-0.39, 0.29) is 6.03 Å². The Bertz CT molecular complexity index is 753. The summed E-state index contributed by atoms with van der Waals surface area (Å²) in [4.78, 5) is 16.2. The van der Waals surface area contributed by atoms with Crippen LogP contribution in [-0.4, -0.2) is 70.7 Å². The molecule has 0 bridgehead atoms. The molecule has 2 rings (SSSR count). The van der Waals surface area contributed by atoms with Crippen LogP contribution in [0.2, 0.25) is 0 Å². The van der Waals surface area contributed by atoms with Crippen molar-refractivity contribution in [3.63, 3.8) is 0 Å². The van der Waals surface area contributed by atoms with Gasteiger partial charge in [-0.3, -0.25) is 0 Å². The monoisotopic (exact) mass is 397 g/mol. The van der Waals surface area contributed by atoms with Gasteiger partial charge < -0.3 is 19.9 Å². The van der Waals surface area contributed by atoms with Crippen LogP contribution in [0, 0.1) is 5.92 Å². The van der Waals surface area contributed by atoms with E-state index >= 15 is 0 Å². The van der Waals surface area contributed by atoms with Crippen LogP contribution in [0.15, 0.2) is 24.3 Å². The van der Waals surface area contributed by atoms with Gasteiger partial charge in [0.1, 0.15) is 5.75 Å². The molecule has 1 aromatic rings. The maximum absolute atomic E-state index is 12.4. The molecule has 1 aromatic carbocycles. The van der Waals surface area contributed by atoms with Crippen LogP contribution in [-0.2, 0) is 9.84 Å². The Morgan fingerprint density at radius 3 is 2.67 bits per heavy atom. The van der Waals surface area contributed by atoms with Crippen LogP contribution >= 0.6 is 0 Å². The second-order valence-electron chi connectivity index (χ2n) is 7.34. The number of carbonyl (C=O) groups is 1. The highest BCUT2D eigenvalue weighted by atomic mass is 32.2. The number of benzene rings is 1. The van der Waals surface area contributed by atoms with Gasteiger partial charge in [0.2, 0.25) is 0 Å². The SMILES string of the molecule is COc1ccccc1N1CCC(CNC(=O)N(C)C(C)C(C)S(C)(=O)=O)C1. The van der Waals surface area contributed by atoms with Crippen molar-refractivity contribution >= 4 is 21.6 Å². The van der Waals surface area contributed by atoms with Crippen molar-refractivity contribution in [2.75, 3.05) is 44.9 Å². The average Bonchev–Trinajstić information content (AvgIpc) is 3.12. The van der Waals surface area contributed by atoms with Gasteiger partial charge in [-0.25, -0.2) is 13.2 Å². The summed E-state index contributed by atoms with van der Waals surface area (Å²) >= 11 is 0. The Balaban J connectivity index is 1.87. The van der Waals surface area contributed by atoms with E-state index in [1.165, 1.54) is 11.2 Å². The Hall–Kier alpha value is -1.96. The molecule has 27 heavy (non-hydrogen) atoms. The third-order valence-electron chi connectivity index (χ3n) is 5.54. The van der Waals surface area contributed by atoms with Crippen LogP contribution in [0.5, 0.6) is 5.75 Å². The molecule has 0 saturated carbocycles. The molecule has 2 amide bonds. The summed E-state index contributed by atoms with van der Waals surface area (Å²) < 4.78 is 28.9. The van der Waals surface area contributed by atoms with Gasteiger partial charge in [0.25, 0.3) is 0 Å². The molecule has 3 unspecified atom stereocenters. The zero-order valence-electron chi connectivity index (χ0n) is 16.8. The number of para-hydroxylation sites is 2. The quantitative estimate of drug-likeness (QED) is 0.761. The molecule has 1 fully saturated rings. The minimum Gasteiger partial charge on any atom is -0.495 e. The lowest BCUT2D eigenvalue weighted by Crippen LogP contribution is -2.49. The van der Waals surface area contributed by atoms with Crippen LogP contribution < -0.4 is 15.0 Å². The molecular formula is C19H31N3O4S. The van der Waals surface area contributed by atoms with E-state index in [0.717, 1.165) is 30.9 Å². The molecule has 1 aliphatic heterocycles. The molecule has 1 heterocycles. The number of anilines is 1. The number of nitrogens with zero attached hydrogens (tertiary/aromatic N) is 2. The lowest BCUT2D eigenvalue weighted by Gasteiger charge is -2.29. The fourth-order valence-corrected chi connectivity index (χ4v) is 4.22. The second-order valence-corrected chi connectivity index (χ2v) is 9.75. The fraction of sp³-hybridized carbons (Fsp3) is 0.632. The number of amides is 2. The lowest BCUT2D eigenvalue weighted by molar-refractivity contribution is 0.191. The molecule has 3 atom stereocenters. The number of rotatable bonds is 7. The topological polar surface area (TPSA) is 79.0 Å². The van der Waals surface area contributed by atoms with E-state index in [0.29, 0.717) is 12.5 Å². The molecule has 0 aliphatic carbocycles. The summed E-state index contributed by atoms with van der Waals surface area (Å²) in [7, 11) is 0.108. The highest BCUT2D eigenvalue weighted by molar-refractivity contribution is 7.91. The first-order valence-corrected chi connectivity index (χ1v) is 11.2. The van der Waals surface area contributed by atoms with Crippen LogP contribution in [0.1, 0.15) is 20.3 Å². The zero-order chi connectivity index (χ0) is 20.2. The van der Waals surface area contributed by atoms with Crippen LogP contribution in [0.3, 0.4) is 0 Å². The summed E-state index contributed by atoms with van der Waals surface area (Å²) in [6.45, 7) is 5.71. The Labute approximate surface area is 162 Å². The molecule has 1 saturated heterocycles. The normalized spacial score (nSPS) is 19.4. The largest absolute Gasteiger partial charge is 0.495 e. The van der Waals surface area contributed by atoms with Gasteiger partial charge in [0, 0.05) is 39.0 Å². The predicted octanol–water partition coefficient (Wildman–Crippen LogP) is 1.98. The first-order chi connectivity index (χ1) is 12.6. The number of nitrogens with one attached hydrogen (secondary N) is 1. The maximum atomic E-state index is 12.4. The Morgan fingerprint density at radius 2 is 2.04 bits per heavy atom. The van der Waals surface area contributed by atoms with Crippen LogP contribution in [0.4, 0.5) is 10.5 Å². The van der Waals surface area contributed by atoms with Gasteiger partial charge in [0.05, 0.1) is 18.0 Å². The van der Waals surface area contributed by atoms with Crippen molar-refractivity contribution in [1.29, 1.82) is 0 Å². The molecule has 7 nitrogen and oxygen atoms in total. The number of urea groups is 1. The van der Waals surface area contributed by atoms with E-state index in [2.05, 4.69) is 10.2 Å². The first kappa shape index (κ1) is 21.3. The summed E-state index contributed by atoms with van der Waals surface area (Å²) in [5.74, 6) is 1.19. The van der Waals surface area contributed by atoms with Crippen molar-refractivity contribution in [3.05, 3.63) is 24.3 Å². The molecule has 0 spiro atoms. The van der Waals surface area contributed by atoms with E-state index < -0.39 is 21.1 Å². The number of sulfone groups is 1. The smallest absolute Gasteiger partial charge is 0.317 e. The highest BCUT2D eigenvalue weighted by Gasteiger charge is 2.29. The minimum atomic E-state index is -3.20. The zero-order valence-corrected chi connectivity index (χ0v) is 17.6. The van der Waals surface area contributed by atoms with E-state index in [1.54, 1.807) is 28.0 Å². The summed E-state index contributed by atoms with van der Waals surface area (Å²) in [5.41, 5.74) is 1.07. The molecule has 152 valence electrons. The van der Waals surface area contributed by atoms with Gasteiger partial charge in [0.15, 0.2) is 9.84 Å². The Kier molecular flexibility index (Phi) is 6.97. The molecule has 0 aromatic heterocycles. The number of carbonyl (C=O) groups excluding carboxylic acids is 1. The standard InChI is InChI=1S/C19H31N3O4S/c1-14(15(2)27(5,24)25)21(3)19(23)20-12-16-10-11-22(13-16)17-8-6-7-9-18(17)26-4/h6-9,14-16H,10-13H2,1-5H3,(H,20,23). The Morgan fingerprint density at radius 1 is 1.37 bits per heavy atom. The van der Waals surface area contributed by atoms with Gasteiger partial charge in [-0.2, -0.15) is 0 Å². The summed E-state index contributed by atoms with van der Waals surface area (Å²) in [5, 5.41) is 2.34. The van der Waals surface area contributed by atoms with Crippen LogP contribution in [0.25, 0.3) is 0 Å². The van der Waals surface area contributed by atoms with Gasteiger partial charge in [-0.15, -0.1) is 0 Å². The van der Waals surface area contributed by atoms with Crippen molar-refractivity contribution in [2.45, 2.75) is 31.6 Å². The molecule has 1 aliphatic rings. The third-order valence-corrected chi connectivity index (χ3v) is 7.28. The molecule has 1 N–H and O–H groups in total. The number of methoxy groups -OCH3 is 1. The molecular weight excluding hydrogens is 366 g/mol. The van der Waals surface area contributed by atoms with E-state index in [9.17, 15) is 13.2 Å². The fourth-order valence-electron chi connectivity index (χ4n) is 3.32. The lowest BCUT2D eigenvalue weighted by atomic mass is 10.1. The summed E-state index contributed by atoms with van der Waals surface area (Å²) in [6.07, 6.45) is 2.18. The van der Waals surface area contributed by atoms with Gasteiger partial charge in [-0.05, 0) is 38.3 Å². The third kappa shape index (κ3) is 5.28. The maximum Gasteiger partial charge on any atom is 0.317 e. The van der Waals surface area contributed by atoms with Crippen molar-refractivity contribution in [2.24, 2.45) is 5.92 Å². The summed E-state index contributed by atoms with van der Waals surface area (Å²) in [6, 6.07) is 7.30. The van der Waals surface area contributed by atoms with E-state index in [4.69, 9.17) is 4.74 Å². The highest BCUT2D eigenvalue weighted by Crippen LogP contribution is 2.31. The second kappa shape index (κ2) is 8.82. The number of ether oxygens (including phenoxy) is 1. The minimum absolute atomic E-state index is 0.242. The van der Waals surface area contributed by atoms with Crippen molar-refractivity contribution < 1.29 is 17.9 Å². The van der Waals surface area contributed by atoms with Crippen molar-refractivity contribution in [1.82, 2.24) is 10.2 Å². The van der Waals surface area contributed by atoms with Gasteiger partial charge >= 0.3 is 6.03 Å².